The molecule has 2 N–H and O–H groups in total. The van der Waals surface area contributed by atoms with Crippen LogP contribution in [0.4, 0.5) is 11.5 Å². The summed E-state index contributed by atoms with van der Waals surface area (Å²) in [5.74, 6) is 0.315. The number of aromatic amines is 1. The van der Waals surface area contributed by atoms with Crippen LogP contribution in [0.15, 0.2) is 48.9 Å². The quantitative estimate of drug-likeness (QED) is 0.471. The number of fused-ring (bicyclic) bond motifs is 1. The summed E-state index contributed by atoms with van der Waals surface area (Å²) in [6, 6.07) is 11.1. The summed E-state index contributed by atoms with van der Waals surface area (Å²) in [5.41, 5.74) is 3.55. The number of pyridine rings is 2. The topological polar surface area (TPSA) is 141 Å². The highest BCUT2D eigenvalue weighted by molar-refractivity contribution is 7.92. The van der Waals surface area contributed by atoms with E-state index in [0.717, 1.165) is 10.6 Å². The van der Waals surface area contributed by atoms with Crippen LogP contribution in [0.25, 0.3) is 22.4 Å². The Hall–Kier alpha value is -4.04. The van der Waals surface area contributed by atoms with Crippen molar-refractivity contribution in [2.24, 2.45) is 0 Å². The van der Waals surface area contributed by atoms with Gasteiger partial charge in [-0.3, -0.25) is 4.31 Å². The number of sulfonamides is 1. The predicted octanol–water partition coefficient (Wildman–Crippen LogP) is 2.29. The van der Waals surface area contributed by atoms with E-state index in [2.05, 4.69) is 36.5 Å². The summed E-state index contributed by atoms with van der Waals surface area (Å²) < 4.78 is 25.1. The maximum Gasteiger partial charge on any atom is 0.233 e. The van der Waals surface area contributed by atoms with Crippen LogP contribution in [-0.4, -0.2) is 46.9 Å². The lowest BCUT2D eigenvalue weighted by atomic mass is 10.1. The van der Waals surface area contributed by atoms with E-state index in [9.17, 15) is 13.7 Å². The molecular weight excluding hydrogens is 416 g/mol. The van der Waals surface area contributed by atoms with Crippen molar-refractivity contribution in [2.75, 3.05) is 22.9 Å². The Bertz CT molecular complexity index is 1390. The molecule has 0 atom stereocenters. The Morgan fingerprint density at radius 1 is 1.23 bits per heavy atom. The number of anilines is 2. The van der Waals surface area contributed by atoms with Crippen molar-refractivity contribution >= 4 is 32.6 Å². The summed E-state index contributed by atoms with van der Waals surface area (Å²) >= 11 is 0. The van der Waals surface area contributed by atoms with Gasteiger partial charge < -0.3 is 10.3 Å². The first kappa shape index (κ1) is 20.2. The van der Waals surface area contributed by atoms with E-state index < -0.39 is 10.0 Å². The van der Waals surface area contributed by atoms with E-state index in [0.29, 0.717) is 45.1 Å². The van der Waals surface area contributed by atoms with Gasteiger partial charge in [-0.25, -0.2) is 18.4 Å². The third-order valence-corrected chi connectivity index (χ3v) is 5.91. The monoisotopic (exact) mass is 434 g/mol. The molecule has 11 heteroatoms. The van der Waals surface area contributed by atoms with E-state index in [1.807, 2.05) is 12.1 Å². The molecule has 4 heterocycles. The molecule has 0 bridgehead atoms. The number of nitrogens with one attached hydrogen (secondary N) is 2. The number of hydrogen-bond donors (Lipinski definition) is 2. The standard InChI is InChI=1S/C20H18N8O2S/c1-28(31(2,29)30)20-13(5-3-7-22-20)11-23-18-14(10-21)12-24-19-15(18)9-17(26-19)16-6-4-8-25-27-16/h3-9,12H,11H2,1-2H3,(H2,23,24,26). The fourth-order valence-corrected chi connectivity index (χ4v) is 3.60. The van der Waals surface area contributed by atoms with Gasteiger partial charge in [0.25, 0.3) is 0 Å². The molecule has 156 valence electrons. The Kier molecular flexibility index (Phi) is 5.22. The van der Waals surface area contributed by atoms with E-state index >= 15 is 0 Å². The molecule has 4 rings (SSSR count). The first-order valence-corrected chi connectivity index (χ1v) is 11.0. The second-order valence-electron chi connectivity index (χ2n) is 6.78. The van der Waals surface area contributed by atoms with Crippen molar-refractivity contribution in [3.05, 3.63) is 60.0 Å². The lowest BCUT2D eigenvalue weighted by molar-refractivity contribution is 0.599. The van der Waals surface area contributed by atoms with E-state index in [4.69, 9.17) is 0 Å². The van der Waals surface area contributed by atoms with Gasteiger partial charge in [-0.2, -0.15) is 10.4 Å². The van der Waals surface area contributed by atoms with Gasteiger partial charge in [0.1, 0.15) is 23.2 Å². The number of H-pyrrole nitrogens is 1. The van der Waals surface area contributed by atoms with E-state index in [-0.39, 0.29) is 6.54 Å². The molecule has 0 unspecified atom stereocenters. The lowest BCUT2D eigenvalue weighted by Gasteiger charge is -2.19. The number of rotatable bonds is 6. The first-order valence-electron chi connectivity index (χ1n) is 9.20. The van der Waals surface area contributed by atoms with E-state index in [1.54, 1.807) is 24.4 Å². The Morgan fingerprint density at radius 3 is 2.74 bits per heavy atom. The van der Waals surface area contributed by atoms with Crippen LogP contribution in [0, 0.1) is 11.3 Å². The van der Waals surface area contributed by atoms with Gasteiger partial charge >= 0.3 is 0 Å². The van der Waals surface area contributed by atoms with Crippen molar-refractivity contribution in [1.82, 2.24) is 25.1 Å². The third kappa shape index (κ3) is 4.01. The smallest absolute Gasteiger partial charge is 0.233 e. The van der Waals surface area contributed by atoms with Crippen LogP contribution < -0.4 is 9.62 Å². The minimum absolute atomic E-state index is 0.252. The SMILES string of the molecule is CN(c1ncccc1CNc1c(C#N)cnc2[nH]c(-c3cccnn3)cc12)S(C)(=O)=O. The average Bonchev–Trinajstić information content (AvgIpc) is 3.21. The van der Waals surface area contributed by atoms with Crippen molar-refractivity contribution in [3.63, 3.8) is 0 Å². The zero-order valence-corrected chi connectivity index (χ0v) is 17.6. The van der Waals surface area contributed by atoms with Crippen LogP contribution in [0.5, 0.6) is 0 Å². The summed E-state index contributed by atoms with van der Waals surface area (Å²) in [5, 5.41) is 21.5. The number of nitriles is 1. The molecule has 10 nitrogen and oxygen atoms in total. The molecule has 0 saturated heterocycles. The zero-order chi connectivity index (χ0) is 22.0. The molecule has 0 aliphatic heterocycles. The largest absolute Gasteiger partial charge is 0.379 e. The second-order valence-corrected chi connectivity index (χ2v) is 8.80. The molecular formula is C20H18N8O2S. The minimum Gasteiger partial charge on any atom is -0.379 e. The highest BCUT2D eigenvalue weighted by Gasteiger charge is 2.18. The molecule has 4 aromatic rings. The van der Waals surface area contributed by atoms with Gasteiger partial charge in [-0.15, -0.1) is 5.10 Å². The molecule has 0 fully saturated rings. The molecule has 0 aliphatic carbocycles. The third-order valence-electron chi connectivity index (χ3n) is 4.75. The van der Waals surface area contributed by atoms with Crippen molar-refractivity contribution < 1.29 is 8.42 Å². The second kappa shape index (κ2) is 8.00. The zero-order valence-electron chi connectivity index (χ0n) is 16.7. The molecule has 0 aromatic carbocycles. The maximum atomic E-state index is 12.0. The fourth-order valence-electron chi connectivity index (χ4n) is 3.13. The first-order chi connectivity index (χ1) is 14.9. The Labute approximate surface area is 178 Å². The van der Waals surface area contributed by atoms with Crippen LogP contribution in [0.1, 0.15) is 11.1 Å². The summed E-state index contributed by atoms with van der Waals surface area (Å²) in [4.78, 5) is 11.7. The number of hydrogen-bond acceptors (Lipinski definition) is 8. The van der Waals surface area contributed by atoms with Gasteiger partial charge in [-0.1, -0.05) is 6.07 Å². The molecule has 0 radical (unpaired) electrons. The van der Waals surface area contributed by atoms with Crippen molar-refractivity contribution in [3.8, 4) is 17.5 Å². The van der Waals surface area contributed by atoms with Crippen LogP contribution in [0.3, 0.4) is 0 Å². The Balaban J connectivity index is 1.73. The minimum atomic E-state index is -3.47. The summed E-state index contributed by atoms with van der Waals surface area (Å²) in [6.07, 6.45) is 5.72. The van der Waals surface area contributed by atoms with Gasteiger partial charge in [0, 0.05) is 43.1 Å². The van der Waals surface area contributed by atoms with Crippen molar-refractivity contribution in [1.29, 1.82) is 5.26 Å². The lowest BCUT2D eigenvalue weighted by Crippen LogP contribution is -2.27. The predicted molar refractivity (Wildman–Crippen MR) is 117 cm³/mol. The molecule has 31 heavy (non-hydrogen) atoms. The number of nitrogens with zero attached hydrogens (tertiary/aromatic N) is 6. The maximum absolute atomic E-state index is 12.0. The van der Waals surface area contributed by atoms with Crippen LogP contribution >= 0.6 is 0 Å². The van der Waals surface area contributed by atoms with Crippen LogP contribution in [-0.2, 0) is 16.6 Å². The highest BCUT2D eigenvalue weighted by Crippen LogP contribution is 2.30. The normalized spacial score (nSPS) is 11.3. The molecule has 4 aromatic heterocycles. The van der Waals surface area contributed by atoms with Gasteiger partial charge in [0.15, 0.2) is 0 Å². The van der Waals surface area contributed by atoms with E-state index in [1.165, 1.54) is 19.4 Å². The highest BCUT2D eigenvalue weighted by atomic mass is 32.2. The van der Waals surface area contributed by atoms with Crippen molar-refractivity contribution in [2.45, 2.75) is 6.54 Å². The number of aromatic nitrogens is 5. The molecule has 0 aliphatic rings. The summed E-state index contributed by atoms with van der Waals surface area (Å²) in [6.45, 7) is 0.252. The average molecular weight is 434 g/mol. The fraction of sp³-hybridized carbons (Fsp3) is 0.150. The summed E-state index contributed by atoms with van der Waals surface area (Å²) in [7, 11) is -2.02. The molecule has 0 spiro atoms. The van der Waals surface area contributed by atoms with Gasteiger partial charge in [0.2, 0.25) is 10.0 Å². The van der Waals surface area contributed by atoms with Gasteiger partial charge in [0.05, 0.1) is 23.2 Å². The molecule has 0 amide bonds. The Morgan fingerprint density at radius 2 is 2.03 bits per heavy atom. The van der Waals surface area contributed by atoms with Gasteiger partial charge in [-0.05, 0) is 24.3 Å². The molecule has 0 saturated carbocycles. The van der Waals surface area contributed by atoms with Crippen LogP contribution in [0.2, 0.25) is 0 Å².